The van der Waals surface area contributed by atoms with Crippen molar-refractivity contribution in [1.29, 1.82) is 0 Å². The molecule has 3 rings (SSSR count). The minimum Gasteiger partial charge on any atom is -0.496 e. The maximum Gasteiger partial charge on any atom is 0.335 e. The minimum absolute atomic E-state index is 0.111. The summed E-state index contributed by atoms with van der Waals surface area (Å²) in [6.45, 7) is 8.29. The van der Waals surface area contributed by atoms with Gasteiger partial charge in [0, 0.05) is 24.7 Å². The van der Waals surface area contributed by atoms with E-state index in [-0.39, 0.29) is 12.7 Å². The molecule has 1 aromatic heterocycles. The Morgan fingerprint density at radius 2 is 1.77 bits per heavy atom. The van der Waals surface area contributed by atoms with Crippen molar-refractivity contribution < 1.29 is 32.9 Å². The summed E-state index contributed by atoms with van der Waals surface area (Å²) in [5, 5.41) is 0. The van der Waals surface area contributed by atoms with Crippen molar-refractivity contribution in [2.75, 3.05) is 20.8 Å². The zero-order valence-corrected chi connectivity index (χ0v) is 21.1. The molecular weight excluding hydrogens is 450 g/mol. The van der Waals surface area contributed by atoms with Crippen LogP contribution in [0.25, 0.3) is 11.5 Å². The second-order valence-electron chi connectivity index (χ2n) is 8.15. The third-order valence-electron chi connectivity index (χ3n) is 5.24. The van der Waals surface area contributed by atoms with Crippen molar-refractivity contribution >= 4 is 5.97 Å². The van der Waals surface area contributed by atoms with E-state index in [2.05, 4.69) is 4.98 Å². The number of methoxy groups -OCH3 is 2. The minimum atomic E-state index is -0.701. The van der Waals surface area contributed by atoms with Crippen LogP contribution in [0, 0.1) is 6.92 Å². The van der Waals surface area contributed by atoms with Gasteiger partial charge in [0.15, 0.2) is 6.10 Å². The number of esters is 1. The number of oxazole rings is 1. The van der Waals surface area contributed by atoms with Crippen LogP contribution in [0.1, 0.15) is 37.8 Å². The molecule has 0 aliphatic carbocycles. The summed E-state index contributed by atoms with van der Waals surface area (Å²) < 4.78 is 33.4. The molecule has 0 bridgehead atoms. The number of nitrogens with zero attached hydrogens (tertiary/aromatic N) is 1. The number of aromatic nitrogens is 1. The third kappa shape index (κ3) is 6.99. The van der Waals surface area contributed by atoms with Crippen LogP contribution in [0.3, 0.4) is 0 Å². The molecule has 1 atom stereocenters. The lowest BCUT2D eigenvalue weighted by molar-refractivity contribution is -0.153. The van der Waals surface area contributed by atoms with Gasteiger partial charge in [0.2, 0.25) is 5.89 Å². The molecule has 8 heteroatoms. The molecule has 0 saturated carbocycles. The van der Waals surface area contributed by atoms with Crippen molar-refractivity contribution in [3.8, 4) is 28.7 Å². The van der Waals surface area contributed by atoms with Gasteiger partial charge in [-0.05, 0) is 63.6 Å². The molecule has 0 saturated heterocycles. The maximum atomic E-state index is 12.0. The molecule has 0 N–H and O–H groups in total. The Bertz CT molecular complexity index is 1110. The number of carbonyl (C=O) groups is 1. The topological polar surface area (TPSA) is 89.3 Å². The highest BCUT2D eigenvalue weighted by atomic mass is 16.6. The van der Waals surface area contributed by atoms with Crippen LogP contribution in [-0.4, -0.2) is 44.0 Å². The number of benzene rings is 2. The van der Waals surface area contributed by atoms with Gasteiger partial charge < -0.3 is 28.1 Å². The molecule has 8 nitrogen and oxygen atoms in total. The van der Waals surface area contributed by atoms with Crippen LogP contribution in [0.15, 0.2) is 46.9 Å². The molecule has 0 amide bonds. The first-order valence-corrected chi connectivity index (χ1v) is 11.6. The van der Waals surface area contributed by atoms with E-state index in [9.17, 15) is 4.79 Å². The SMILES string of the molecule is CCO[C@@H](Cc1ccc(OCc2nc(-c3ccc(OC(C)C)cc3)oc2C)cc1OC)C(=O)OC. The molecule has 3 aromatic rings. The lowest BCUT2D eigenvalue weighted by atomic mass is 10.1. The number of hydrogen-bond acceptors (Lipinski definition) is 8. The maximum absolute atomic E-state index is 12.0. The highest BCUT2D eigenvalue weighted by Crippen LogP contribution is 2.29. The Morgan fingerprint density at radius 3 is 2.40 bits per heavy atom. The predicted octanol–water partition coefficient (Wildman–Crippen LogP) is 5.15. The molecule has 35 heavy (non-hydrogen) atoms. The van der Waals surface area contributed by atoms with Gasteiger partial charge in [-0.2, -0.15) is 0 Å². The van der Waals surface area contributed by atoms with E-state index in [0.29, 0.717) is 41.9 Å². The first-order chi connectivity index (χ1) is 16.8. The summed E-state index contributed by atoms with van der Waals surface area (Å²) in [5.74, 6) is 2.78. The Kier molecular flexibility index (Phi) is 9.14. The second kappa shape index (κ2) is 12.3. The van der Waals surface area contributed by atoms with Crippen molar-refractivity contribution in [1.82, 2.24) is 4.98 Å². The zero-order valence-electron chi connectivity index (χ0n) is 21.1. The fourth-order valence-corrected chi connectivity index (χ4v) is 3.51. The Morgan fingerprint density at radius 1 is 1.06 bits per heavy atom. The number of carbonyl (C=O) groups excluding carboxylic acids is 1. The monoisotopic (exact) mass is 483 g/mol. The van der Waals surface area contributed by atoms with Gasteiger partial charge in [-0.25, -0.2) is 9.78 Å². The van der Waals surface area contributed by atoms with E-state index in [1.165, 1.54) is 7.11 Å². The fraction of sp³-hybridized carbons (Fsp3) is 0.407. The van der Waals surface area contributed by atoms with E-state index in [1.54, 1.807) is 13.2 Å². The molecule has 0 aliphatic rings. The van der Waals surface area contributed by atoms with Crippen molar-refractivity contribution in [3.05, 3.63) is 59.5 Å². The Balaban J connectivity index is 1.68. The number of rotatable bonds is 12. The van der Waals surface area contributed by atoms with E-state index in [1.807, 2.05) is 64.1 Å². The molecule has 0 fully saturated rings. The molecule has 188 valence electrons. The third-order valence-corrected chi connectivity index (χ3v) is 5.24. The molecule has 0 spiro atoms. The highest BCUT2D eigenvalue weighted by molar-refractivity contribution is 5.75. The van der Waals surface area contributed by atoms with Gasteiger partial charge in [0.05, 0.1) is 20.3 Å². The fourth-order valence-electron chi connectivity index (χ4n) is 3.51. The molecule has 0 radical (unpaired) electrons. The molecule has 1 heterocycles. The van der Waals surface area contributed by atoms with Gasteiger partial charge in [0.1, 0.15) is 35.3 Å². The molecule has 0 unspecified atom stereocenters. The van der Waals surface area contributed by atoms with Crippen LogP contribution in [0.2, 0.25) is 0 Å². The normalized spacial score (nSPS) is 11.9. The van der Waals surface area contributed by atoms with Gasteiger partial charge in [0.25, 0.3) is 0 Å². The van der Waals surface area contributed by atoms with E-state index >= 15 is 0 Å². The summed E-state index contributed by atoms with van der Waals surface area (Å²) >= 11 is 0. The van der Waals surface area contributed by atoms with Crippen molar-refractivity contribution in [3.63, 3.8) is 0 Å². The van der Waals surface area contributed by atoms with Crippen LogP contribution in [-0.2, 0) is 27.3 Å². The average molecular weight is 484 g/mol. The summed E-state index contributed by atoms with van der Waals surface area (Å²) in [6.07, 6.45) is -0.260. The number of ether oxygens (including phenoxy) is 5. The molecular formula is C27H33NO7. The predicted molar refractivity (Wildman–Crippen MR) is 131 cm³/mol. The first kappa shape index (κ1) is 26.1. The molecule has 0 aliphatic heterocycles. The Hall–Kier alpha value is -3.52. The highest BCUT2D eigenvalue weighted by Gasteiger charge is 2.22. The quantitative estimate of drug-likeness (QED) is 0.327. The second-order valence-corrected chi connectivity index (χ2v) is 8.15. The lowest BCUT2D eigenvalue weighted by Crippen LogP contribution is -2.28. The summed E-state index contributed by atoms with van der Waals surface area (Å²) in [6, 6.07) is 13.1. The van der Waals surface area contributed by atoms with E-state index < -0.39 is 12.1 Å². The largest absolute Gasteiger partial charge is 0.496 e. The number of hydrogen-bond donors (Lipinski definition) is 0. The Labute approximate surface area is 206 Å². The van der Waals surface area contributed by atoms with Crippen LogP contribution in [0.5, 0.6) is 17.2 Å². The standard InChI is InChI=1S/C27H33NO7/c1-7-32-25(27(29)31-6)14-20-10-13-22(15-24(20)30-5)33-16-23-18(4)35-26(28-23)19-8-11-21(12-9-19)34-17(2)3/h8-13,15,17,25H,7,14,16H2,1-6H3/t25-/m0/s1. The first-order valence-electron chi connectivity index (χ1n) is 11.6. The van der Waals surface area contributed by atoms with Crippen LogP contribution >= 0.6 is 0 Å². The van der Waals surface area contributed by atoms with Crippen molar-refractivity contribution in [2.45, 2.75) is 52.9 Å². The van der Waals surface area contributed by atoms with Gasteiger partial charge in [-0.15, -0.1) is 0 Å². The van der Waals surface area contributed by atoms with Gasteiger partial charge in [-0.3, -0.25) is 0 Å². The zero-order chi connectivity index (χ0) is 25.4. The van der Waals surface area contributed by atoms with Gasteiger partial charge >= 0.3 is 5.97 Å². The molecule has 2 aromatic carbocycles. The van der Waals surface area contributed by atoms with E-state index in [4.69, 9.17) is 28.1 Å². The summed E-state index contributed by atoms with van der Waals surface area (Å²) in [7, 11) is 2.91. The number of aryl methyl sites for hydroxylation is 1. The smallest absolute Gasteiger partial charge is 0.335 e. The van der Waals surface area contributed by atoms with Crippen LogP contribution < -0.4 is 14.2 Å². The van der Waals surface area contributed by atoms with Crippen molar-refractivity contribution in [2.24, 2.45) is 0 Å². The summed E-state index contributed by atoms with van der Waals surface area (Å²) in [4.78, 5) is 16.6. The average Bonchev–Trinajstić information content (AvgIpc) is 3.22. The lowest BCUT2D eigenvalue weighted by Gasteiger charge is -2.17. The van der Waals surface area contributed by atoms with Crippen LogP contribution in [0.4, 0.5) is 0 Å². The summed E-state index contributed by atoms with van der Waals surface area (Å²) in [5.41, 5.74) is 2.37. The van der Waals surface area contributed by atoms with Gasteiger partial charge in [-0.1, -0.05) is 6.07 Å². The van der Waals surface area contributed by atoms with E-state index in [0.717, 1.165) is 16.9 Å².